The number of aliphatic hydroxyl groups is 2. The largest absolute Gasteiger partial charge is 0.458 e. The van der Waals surface area contributed by atoms with Crippen molar-refractivity contribution in [2.75, 3.05) is 19.8 Å². The Hall–Kier alpha value is -0.650. The van der Waals surface area contributed by atoms with Crippen LogP contribution >= 0.6 is 0 Å². The molecule has 0 spiro atoms. The molecule has 14 heavy (non-hydrogen) atoms. The number of rotatable bonds is 5. The van der Waals surface area contributed by atoms with Gasteiger partial charge in [0.05, 0.1) is 19.8 Å². The van der Waals surface area contributed by atoms with E-state index in [4.69, 9.17) is 14.6 Å². The van der Waals surface area contributed by atoms with Crippen LogP contribution in [0, 0.1) is 0 Å². The Labute approximate surface area is 83.6 Å². The number of esters is 1. The number of ether oxygens (including phenoxy) is 2. The van der Waals surface area contributed by atoms with Crippen LogP contribution in [0.15, 0.2) is 0 Å². The maximum atomic E-state index is 11.1. The van der Waals surface area contributed by atoms with Gasteiger partial charge in [-0.1, -0.05) is 0 Å². The van der Waals surface area contributed by atoms with E-state index in [-0.39, 0.29) is 19.8 Å². The molecule has 0 rings (SSSR count). The first-order chi connectivity index (χ1) is 6.37. The second-order valence-corrected chi connectivity index (χ2v) is 3.85. The smallest absolute Gasteiger partial charge is 0.337 e. The molecule has 0 bridgehead atoms. The molecule has 2 N–H and O–H groups in total. The van der Waals surface area contributed by atoms with E-state index in [1.807, 2.05) is 0 Å². The second-order valence-electron chi connectivity index (χ2n) is 3.85. The van der Waals surface area contributed by atoms with E-state index in [1.54, 1.807) is 20.8 Å². The van der Waals surface area contributed by atoms with Gasteiger partial charge in [-0.15, -0.1) is 0 Å². The minimum absolute atomic E-state index is 0.0971. The van der Waals surface area contributed by atoms with E-state index < -0.39 is 17.7 Å². The van der Waals surface area contributed by atoms with Crippen LogP contribution in [0.5, 0.6) is 0 Å². The normalized spacial score (nSPS) is 13.8. The molecule has 0 aromatic carbocycles. The van der Waals surface area contributed by atoms with E-state index in [9.17, 15) is 9.90 Å². The summed E-state index contributed by atoms with van der Waals surface area (Å²) in [6.07, 6.45) is -1.29. The molecule has 84 valence electrons. The minimum atomic E-state index is -1.29. The summed E-state index contributed by atoms with van der Waals surface area (Å²) in [5, 5.41) is 17.6. The predicted molar refractivity (Wildman–Crippen MR) is 49.8 cm³/mol. The Morgan fingerprint density at radius 1 is 1.43 bits per heavy atom. The highest BCUT2D eigenvalue weighted by molar-refractivity contribution is 5.74. The van der Waals surface area contributed by atoms with Crippen molar-refractivity contribution in [2.24, 2.45) is 0 Å². The lowest BCUT2D eigenvalue weighted by Gasteiger charge is -2.21. The first-order valence-corrected chi connectivity index (χ1v) is 4.46. The molecule has 0 saturated carbocycles. The van der Waals surface area contributed by atoms with Crippen molar-refractivity contribution in [3.8, 4) is 0 Å². The Balaban J connectivity index is 3.77. The third-order valence-electron chi connectivity index (χ3n) is 1.19. The number of aliphatic hydroxyl groups excluding tert-OH is 2. The van der Waals surface area contributed by atoms with E-state index in [0.29, 0.717) is 0 Å². The molecule has 1 unspecified atom stereocenters. The van der Waals surface area contributed by atoms with Gasteiger partial charge in [-0.2, -0.15) is 0 Å². The average Bonchev–Trinajstić information content (AvgIpc) is 2.01. The first kappa shape index (κ1) is 13.4. The molecule has 0 aromatic heterocycles. The van der Waals surface area contributed by atoms with Gasteiger partial charge in [-0.05, 0) is 20.8 Å². The van der Waals surface area contributed by atoms with E-state index in [1.165, 1.54) is 0 Å². The van der Waals surface area contributed by atoms with Gasteiger partial charge in [-0.25, -0.2) is 4.79 Å². The molecule has 0 fully saturated rings. The zero-order valence-electron chi connectivity index (χ0n) is 8.82. The summed E-state index contributed by atoms with van der Waals surface area (Å²) >= 11 is 0. The highest BCUT2D eigenvalue weighted by Gasteiger charge is 2.23. The molecule has 0 aliphatic heterocycles. The molecule has 0 aliphatic carbocycles. The number of hydrogen-bond acceptors (Lipinski definition) is 5. The summed E-state index contributed by atoms with van der Waals surface area (Å²) in [6, 6.07) is 0. The van der Waals surface area contributed by atoms with Crippen LogP contribution in [0.3, 0.4) is 0 Å². The van der Waals surface area contributed by atoms with E-state index in [0.717, 1.165) is 0 Å². The lowest BCUT2D eigenvalue weighted by molar-refractivity contribution is -0.168. The Kier molecular flexibility index (Phi) is 5.68. The van der Waals surface area contributed by atoms with Gasteiger partial charge in [0.25, 0.3) is 0 Å². The van der Waals surface area contributed by atoms with Crippen LogP contribution in [0.1, 0.15) is 20.8 Å². The van der Waals surface area contributed by atoms with Gasteiger partial charge in [0.2, 0.25) is 0 Å². The van der Waals surface area contributed by atoms with Crippen LogP contribution in [0.2, 0.25) is 0 Å². The highest BCUT2D eigenvalue weighted by atomic mass is 16.6. The summed E-state index contributed by atoms with van der Waals surface area (Å²) in [5.41, 5.74) is -0.616. The summed E-state index contributed by atoms with van der Waals surface area (Å²) in [5.74, 6) is -0.713. The van der Waals surface area contributed by atoms with Crippen LogP contribution in [0.4, 0.5) is 0 Å². The zero-order valence-corrected chi connectivity index (χ0v) is 8.82. The van der Waals surface area contributed by atoms with Crippen LogP contribution in [-0.4, -0.2) is 47.7 Å². The monoisotopic (exact) mass is 206 g/mol. The van der Waals surface area contributed by atoms with Gasteiger partial charge in [-0.3, -0.25) is 0 Å². The van der Waals surface area contributed by atoms with Crippen LogP contribution in [0.25, 0.3) is 0 Å². The molecule has 0 saturated heterocycles. The fourth-order valence-corrected chi connectivity index (χ4v) is 0.697. The van der Waals surface area contributed by atoms with Gasteiger partial charge < -0.3 is 19.7 Å². The van der Waals surface area contributed by atoms with E-state index in [2.05, 4.69) is 0 Å². The lowest BCUT2D eigenvalue weighted by Crippen LogP contribution is -2.34. The van der Waals surface area contributed by atoms with Crippen molar-refractivity contribution < 1.29 is 24.5 Å². The van der Waals surface area contributed by atoms with Crippen molar-refractivity contribution in [3.05, 3.63) is 0 Å². The predicted octanol–water partition coefficient (Wildman–Crippen LogP) is -0.302. The number of hydrogen-bond donors (Lipinski definition) is 2. The molecule has 1 atom stereocenters. The third kappa shape index (κ3) is 6.82. The van der Waals surface area contributed by atoms with Gasteiger partial charge in [0.15, 0.2) is 6.10 Å². The molecule has 0 heterocycles. The summed E-state index contributed by atoms with van der Waals surface area (Å²) in [7, 11) is 0. The number of carbonyl (C=O) groups is 1. The fourth-order valence-electron chi connectivity index (χ4n) is 0.697. The summed E-state index contributed by atoms with van der Waals surface area (Å²) < 4.78 is 9.68. The van der Waals surface area contributed by atoms with Gasteiger partial charge in [0, 0.05) is 0 Å². The molecule has 0 aliphatic rings. The maximum absolute atomic E-state index is 11.1. The summed E-state index contributed by atoms with van der Waals surface area (Å²) in [6.45, 7) is 4.95. The summed E-state index contributed by atoms with van der Waals surface area (Å²) in [4.78, 5) is 11.1. The van der Waals surface area contributed by atoms with Crippen molar-refractivity contribution in [1.29, 1.82) is 0 Å². The maximum Gasteiger partial charge on any atom is 0.337 e. The van der Waals surface area contributed by atoms with Crippen LogP contribution < -0.4 is 0 Å². The molecule has 0 amide bonds. The zero-order chi connectivity index (χ0) is 11.2. The highest BCUT2D eigenvalue weighted by Crippen LogP contribution is 2.08. The standard InChI is InChI=1S/C9H18O5/c1-9(2,3)14-8(12)7(11)6-13-5-4-10/h7,10-11H,4-6H2,1-3H3. The topological polar surface area (TPSA) is 76.0 Å². The van der Waals surface area contributed by atoms with Crippen molar-refractivity contribution in [2.45, 2.75) is 32.5 Å². The van der Waals surface area contributed by atoms with Crippen LogP contribution in [-0.2, 0) is 14.3 Å². The third-order valence-corrected chi connectivity index (χ3v) is 1.19. The second kappa shape index (κ2) is 5.95. The molecule has 0 radical (unpaired) electrons. The van der Waals surface area contributed by atoms with Crippen molar-refractivity contribution in [1.82, 2.24) is 0 Å². The molecule has 5 nitrogen and oxygen atoms in total. The average molecular weight is 206 g/mol. The van der Waals surface area contributed by atoms with Gasteiger partial charge >= 0.3 is 5.97 Å². The quantitative estimate of drug-likeness (QED) is 0.477. The Morgan fingerprint density at radius 3 is 2.43 bits per heavy atom. The number of carbonyl (C=O) groups excluding carboxylic acids is 1. The Morgan fingerprint density at radius 2 is 2.00 bits per heavy atom. The van der Waals surface area contributed by atoms with Gasteiger partial charge in [0.1, 0.15) is 5.60 Å². The fraction of sp³-hybridized carbons (Fsp3) is 0.889. The molecular weight excluding hydrogens is 188 g/mol. The van der Waals surface area contributed by atoms with E-state index >= 15 is 0 Å². The van der Waals surface area contributed by atoms with Crippen molar-refractivity contribution in [3.63, 3.8) is 0 Å². The molecule has 0 aromatic rings. The first-order valence-electron chi connectivity index (χ1n) is 4.46. The lowest BCUT2D eigenvalue weighted by atomic mass is 10.2. The SMILES string of the molecule is CC(C)(C)OC(=O)C(O)COCCO. The molecule has 5 heteroatoms. The molecular formula is C9H18O5. The minimum Gasteiger partial charge on any atom is -0.458 e. The van der Waals surface area contributed by atoms with Crippen molar-refractivity contribution >= 4 is 5.97 Å². The Bertz CT molecular complexity index is 173.